The molecule has 2 atom stereocenters. The Morgan fingerprint density at radius 1 is 1.29 bits per heavy atom. The fraction of sp³-hybridized carbons (Fsp3) is 0.444. The van der Waals surface area contributed by atoms with Gasteiger partial charge >= 0.3 is 12.1 Å². The van der Waals surface area contributed by atoms with Crippen molar-refractivity contribution in [2.24, 2.45) is 0 Å². The summed E-state index contributed by atoms with van der Waals surface area (Å²) in [5.41, 5.74) is 1.25. The number of amides is 2. The van der Waals surface area contributed by atoms with E-state index in [1.54, 1.807) is 22.4 Å². The summed E-state index contributed by atoms with van der Waals surface area (Å²) < 4.78 is 31.7. The molecular weight excluding hydrogens is 439 g/mol. The van der Waals surface area contributed by atoms with Gasteiger partial charge in [-0.1, -0.05) is 0 Å². The lowest BCUT2D eigenvalue weighted by Crippen LogP contribution is -2.40. The zero-order chi connectivity index (χ0) is 22.8. The van der Waals surface area contributed by atoms with Crippen molar-refractivity contribution in [1.29, 1.82) is 0 Å². The number of aryl methyl sites for hydroxylation is 1. The molecule has 0 saturated carbocycles. The summed E-state index contributed by atoms with van der Waals surface area (Å²) in [5, 5.41) is 10.1. The van der Waals surface area contributed by atoms with Gasteiger partial charge in [0.05, 0.1) is 35.5 Å². The maximum absolute atomic E-state index is 12.6. The molecule has 4 rings (SSSR count). The minimum Gasteiger partial charge on any atom is -0.475 e. The Labute approximate surface area is 178 Å². The molecule has 2 unspecified atom stereocenters. The van der Waals surface area contributed by atoms with E-state index in [1.807, 2.05) is 17.2 Å². The molecular formula is C18H18F3N5O4S. The number of nitrogens with zero attached hydrogens (tertiary/aromatic N) is 5. The summed E-state index contributed by atoms with van der Waals surface area (Å²) in [6.07, 6.45) is 0.616. The average Bonchev–Trinajstić information content (AvgIpc) is 3.39. The quantitative estimate of drug-likeness (QED) is 0.748. The van der Waals surface area contributed by atoms with E-state index >= 15 is 0 Å². The summed E-state index contributed by atoms with van der Waals surface area (Å²) in [5.74, 6) is -2.81. The Bertz CT molecular complexity index is 969. The van der Waals surface area contributed by atoms with Crippen LogP contribution in [0.2, 0.25) is 0 Å². The van der Waals surface area contributed by atoms with E-state index in [9.17, 15) is 22.8 Å². The number of aromatic nitrogens is 3. The second-order valence-electron chi connectivity index (χ2n) is 6.90. The van der Waals surface area contributed by atoms with E-state index in [1.165, 1.54) is 12.4 Å². The lowest BCUT2D eigenvalue weighted by Gasteiger charge is -2.24. The zero-order valence-electron chi connectivity index (χ0n) is 16.2. The van der Waals surface area contributed by atoms with Crippen molar-refractivity contribution >= 4 is 29.1 Å². The first kappa shape index (κ1) is 22.6. The van der Waals surface area contributed by atoms with Crippen molar-refractivity contribution in [2.45, 2.75) is 44.6 Å². The molecule has 9 nitrogen and oxygen atoms in total. The molecule has 2 fully saturated rings. The van der Waals surface area contributed by atoms with Crippen molar-refractivity contribution in [3.8, 4) is 0 Å². The van der Waals surface area contributed by atoms with E-state index in [-0.39, 0.29) is 23.9 Å². The third-order valence-electron chi connectivity index (χ3n) is 4.90. The Morgan fingerprint density at radius 2 is 2.00 bits per heavy atom. The van der Waals surface area contributed by atoms with Crippen LogP contribution in [0.1, 0.15) is 34.0 Å². The van der Waals surface area contributed by atoms with Gasteiger partial charge in [-0.3, -0.25) is 14.6 Å². The number of halogens is 3. The topological polar surface area (TPSA) is 117 Å². The zero-order valence-corrected chi connectivity index (χ0v) is 17.1. The average molecular weight is 457 g/mol. The van der Waals surface area contributed by atoms with Gasteiger partial charge in [0.25, 0.3) is 5.91 Å². The number of thiazole rings is 1. The fourth-order valence-corrected chi connectivity index (χ4v) is 4.20. The SMILES string of the molecule is Cc1nc(CN2C(=O)CC3C2CCN3C(=O)c2cnccn2)cs1.O=C(O)C(F)(F)F. The minimum absolute atomic E-state index is 0.0696. The van der Waals surface area contributed by atoms with Crippen LogP contribution in [-0.2, 0) is 16.1 Å². The maximum atomic E-state index is 12.6. The second-order valence-corrected chi connectivity index (χ2v) is 7.96. The Morgan fingerprint density at radius 3 is 2.55 bits per heavy atom. The first-order valence-electron chi connectivity index (χ1n) is 9.15. The number of fused-ring (bicyclic) bond motifs is 1. The van der Waals surface area contributed by atoms with Crippen molar-refractivity contribution in [3.05, 3.63) is 40.4 Å². The van der Waals surface area contributed by atoms with Crippen molar-refractivity contribution in [2.75, 3.05) is 6.54 Å². The number of aliphatic carboxylic acids is 1. The fourth-order valence-electron chi connectivity index (χ4n) is 3.60. The predicted octanol–water partition coefficient (Wildman–Crippen LogP) is 1.89. The van der Waals surface area contributed by atoms with E-state index in [2.05, 4.69) is 15.0 Å². The Kier molecular flexibility index (Phi) is 6.53. The third kappa shape index (κ3) is 5.16. The summed E-state index contributed by atoms with van der Waals surface area (Å²) in [7, 11) is 0. The summed E-state index contributed by atoms with van der Waals surface area (Å²) in [4.78, 5) is 50.1. The van der Waals surface area contributed by atoms with Crippen LogP contribution in [-0.4, -0.2) is 72.4 Å². The normalized spacial score (nSPS) is 20.3. The number of hydrogen-bond acceptors (Lipinski definition) is 7. The van der Waals surface area contributed by atoms with Crippen LogP contribution >= 0.6 is 11.3 Å². The highest BCUT2D eigenvalue weighted by Gasteiger charge is 2.48. The lowest BCUT2D eigenvalue weighted by molar-refractivity contribution is -0.192. The molecule has 2 amide bonds. The van der Waals surface area contributed by atoms with Gasteiger partial charge in [-0.15, -0.1) is 11.3 Å². The number of carbonyl (C=O) groups is 3. The molecule has 0 bridgehead atoms. The molecule has 2 aliphatic rings. The standard InChI is InChI=1S/C16H17N5O2S.C2HF3O2/c1-10-19-11(9-24-10)8-21-13-2-5-20(14(13)6-15(21)22)16(23)12-7-17-3-4-18-12;3-2(4,5)1(6)7/h3-4,7,9,13-14H,2,5-6,8H2,1H3;(H,6,7). The van der Waals surface area contributed by atoms with Crippen molar-refractivity contribution in [3.63, 3.8) is 0 Å². The Balaban J connectivity index is 0.000000339. The van der Waals surface area contributed by atoms with E-state index in [0.29, 0.717) is 25.2 Å². The third-order valence-corrected chi connectivity index (χ3v) is 5.72. The molecule has 4 heterocycles. The molecule has 0 radical (unpaired) electrons. The maximum Gasteiger partial charge on any atom is 0.490 e. The molecule has 13 heteroatoms. The summed E-state index contributed by atoms with van der Waals surface area (Å²) >= 11 is 1.59. The van der Waals surface area contributed by atoms with Crippen LogP contribution in [0.5, 0.6) is 0 Å². The number of rotatable bonds is 3. The summed E-state index contributed by atoms with van der Waals surface area (Å²) in [6.45, 7) is 3.13. The molecule has 2 aliphatic heterocycles. The molecule has 0 aromatic carbocycles. The Hall–Kier alpha value is -3.09. The molecule has 0 spiro atoms. The van der Waals surface area contributed by atoms with Gasteiger partial charge in [0.1, 0.15) is 5.69 Å². The number of likely N-dealkylation sites (tertiary alicyclic amines) is 2. The first-order chi connectivity index (χ1) is 14.6. The van der Waals surface area contributed by atoms with Gasteiger partial charge in [0, 0.05) is 30.7 Å². The van der Waals surface area contributed by atoms with Crippen LogP contribution in [0.3, 0.4) is 0 Å². The summed E-state index contributed by atoms with van der Waals surface area (Å²) in [6, 6.07) is -0.00753. The van der Waals surface area contributed by atoms with Crippen LogP contribution in [0, 0.1) is 6.92 Å². The number of hydrogen-bond donors (Lipinski definition) is 1. The van der Waals surface area contributed by atoms with Crippen molar-refractivity contribution in [1.82, 2.24) is 24.8 Å². The highest BCUT2D eigenvalue weighted by atomic mass is 32.1. The monoisotopic (exact) mass is 457 g/mol. The van der Waals surface area contributed by atoms with Crippen LogP contribution in [0.4, 0.5) is 13.2 Å². The molecule has 166 valence electrons. The van der Waals surface area contributed by atoms with E-state index in [4.69, 9.17) is 9.90 Å². The number of carboxylic acids is 1. The molecule has 0 aliphatic carbocycles. The van der Waals surface area contributed by atoms with Crippen LogP contribution < -0.4 is 0 Å². The van der Waals surface area contributed by atoms with Gasteiger partial charge in [0.15, 0.2) is 0 Å². The highest BCUT2D eigenvalue weighted by molar-refractivity contribution is 7.09. The highest BCUT2D eigenvalue weighted by Crippen LogP contribution is 2.34. The lowest BCUT2D eigenvalue weighted by atomic mass is 10.1. The molecule has 2 saturated heterocycles. The molecule has 31 heavy (non-hydrogen) atoms. The number of alkyl halides is 3. The first-order valence-corrected chi connectivity index (χ1v) is 10.0. The number of carboxylic acid groups (broad SMARTS) is 1. The largest absolute Gasteiger partial charge is 0.490 e. The molecule has 1 N–H and O–H groups in total. The predicted molar refractivity (Wildman–Crippen MR) is 101 cm³/mol. The molecule has 2 aromatic rings. The van der Waals surface area contributed by atoms with Gasteiger partial charge in [-0.2, -0.15) is 13.2 Å². The van der Waals surface area contributed by atoms with Crippen LogP contribution in [0.15, 0.2) is 24.0 Å². The smallest absolute Gasteiger partial charge is 0.475 e. The minimum atomic E-state index is -5.08. The number of carbonyl (C=O) groups excluding carboxylic acids is 2. The second kappa shape index (κ2) is 8.96. The van der Waals surface area contributed by atoms with E-state index in [0.717, 1.165) is 17.1 Å². The van der Waals surface area contributed by atoms with Crippen LogP contribution in [0.25, 0.3) is 0 Å². The van der Waals surface area contributed by atoms with Gasteiger partial charge in [-0.25, -0.2) is 14.8 Å². The van der Waals surface area contributed by atoms with Crippen molar-refractivity contribution < 1.29 is 32.7 Å². The van der Waals surface area contributed by atoms with Gasteiger partial charge in [0.2, 0.25) is 5.91 Å². The van der Waals surface area contributed by atoms with Gasteiger partial charge < -0.3 is 14.9 Å². The molecule has 2 aromatic heterocycles. The van der Waals surface area contributed by atoms with E-state index < -0.39 is 12.1 Å². The van der Waals surface area contributed by atoms with Gasteiger partial charge in [-0.05, 0) is 13.3 Å².